The number of hydrogen-bond acceptors (Lipinski definition) is 4. The number of benzene rings is 1. The highest BCUT2D eigenvalue weighted by Gasteiger charge is 2.25. The Morgan fingerprint density at radius 3 is 2.56 bits per heavy atom. The Bertz CT molecular complexity index is 859. The van der Waals surface area contributed by atoms with Crippen molar-refractivity contribution in [2.24, 2.45) is 0 Å². The lowest BCUT2D eigenvalue weighted by molar-refractivity contribution is -0.129. The molecule has 0 bridgehead atoms. The zero-order valence-electron chi connectivity index (χ0n) is 15.6. The van der Waals surface area contributed by atoms with Crippen molar-refractivity contribution in [3.05, 3.63) is 53.9 Å². The number of amides is 2. The summed E-state index contributed by atoms with van der Waals surface area (Å²) in [6.45, 7) is 5.25. The number of piperazine rings is 1. The predicted octanol–water partition coefficient (Wildman–Crippen LogP) is 2.34. The maximum atomic E-state index is 13.2. The lowest BCUT2D eigenvalue weighted by Gasteiger charge is -2.35. The fourth-order valence-electron chi connectivity index (χ4n) is 3.90. The average Bonchev–Trinajstić information content (AvgIpc) is 2.73. The number of carbonyl (C=O) groups excluding carboxylic acids is 2. The molecule has 0 spiro atoms. The van der Waals surface area contributed by atoms with Gasteiger partial charge in [0.25, 0.3) is 5.91 Å². The first-order chi connectivity index (χ1) is 13.1. The number of fused-ring (bicyclic) bond motifs is 1. The predicted molar refractivity (Wildman–Crippen MR) is 105 cm³/mol. The first kappa shape index (κ1) is 17.5. The zero-order valence-corrected chi connectivity index (χ0v) is 15.6. The molecule has 2 aliphatic rings. The van der Waals surface area contributed by atoms with Crippen LogP contribution in [0.25, 0.3) is 0 Å². The SMILES string of the molecule is CC(=O)N1CCN(c2cncc(C(=O)N3CCCc4ccccc43)c2)CC1. The number of para-hydroxylation sites is 1. The molecule has 0 saturated carbocycles. The molecule has 1 fully saturated rings. The fraction of sp³-hybridized carbons (Fsp3) is 0.381. The van der Waals surface area contributed by atoms with Gasteiger partial charge < -0.3 is 14.7 Å². The van der Waals surface area contributed by atoms with Crippen molar-refractivity contribution in [2.45, 2.75) is 19.8 Å². The number of aromatic nitrogens is 1. The Morgan fingerprint density at radius 1 is 1.00 bits per heavy atom. The monoisotopic (exact) mass is 364 g/mol. The molecule has 1 saturated heterocycles. The van der Waals surface area contributed by atoms with E-state index in [9.17, 15) is 9.59 Å². The second-order valence-electron chi connectivity index (χ2n) is 7.11. The smallest absolute Gasteiger partial charge is 0.259 e. The molecule has 4 rings (SSSR count). The molecule has 1 aromatic heterocycles. The van der Waals surface area contributed by atoms with E-state index in [-0.39, 0.29) is 11.8 Å². The lowest BCUT2D eigenvalue weighted by atomic mass is 10.0. The second kappa shape index (κ2) is 7.39. The van der Waals surface area contributed by atoms with Gasteiger partial charge in [-0.3, -0.25) is 14.6 Å². The van der Waals surface area contributed by atoms with E-state index in [0.717, 1.165) is 43.9 Å². The van der Waals surface area contributed by atoms with Gasteiger partial charge in [0.1, 0.15) is 0 Å². The Balaban J connectivity index is 1.53. The highest BCUT2D eigenvalue weighted by Crippen LogP contribution is 2.28. The number of carbonyl (C=O) groups is 2. The van der Waals surface area contributed by atoms with E-state index in [2.05, 4.69) is 16.0 Å². The number of aryl methyl sites for hydroxylation is 1. The van der Waals surface area contributed by atoms with Crippen LogP contribution in [0, 0.1) is 0 Å². The van der Waals surface area contributed by atoms with E-state index in [1.54, 1.807) is 19.3 Å². The minimum Gasteiger partial charge on any atom is -0.367 e. The van der Waals surface area contributed by atoms with Crippen LogP contribution in [0.4, 0.5) is 11.4 Å². The second-order valence-corrected chi connectivity index (χ2v) is 7.11. The summed E-state index contributed by atoms with van der Waals surface area (Å²) in [5, 5.41) is 0. The highest BCUT2D eigenvalue weighted by atomic mass is 16.2. The Labute approximate surface area is 159 Å². The van der Waals surface area contributed by atoms with Crippen LogP contribution in [0.1, 0.15) is 29.3 Å². The van der Waals surface area contributed by atoms with Gasteiger partial charge in [-0.25, -0.2) is 0 Å². The summed E-state index contributed by atoms with van der Waals surface area (Å²) < 4.78 is 0. The molecule has 0 aliphatic carbocycles. The molecule has 2 aromatic rings. The molecular formula is C21H24N4O2. The fourth-order valence-corrected chi connectivity index (χ4v) is 3.90. The van der Waals surface area contributed by atoms with Crippen LogP contribution in [-0.4, -0.2) is 54.4 Å². The molecule has 6 nitrogen and oxygen atoms in total. The molecule has 2 aliphatic heterocycles. The van der Waals surface area contributed by atoms with Crippen LogP contribution < -0.4 is 9.80 Å². The summed E-state index contributed by atoms with van der Waals surface area (Å²) in [6.07, 6.45) is 5.43. The van der Waals surface area contributed by atoms with Gasteiger partial charge in [-0.05, 0) is 30.5 Å². The van der Waals surface area contributed by atoms with E-state index in [1.807, 2.05) is 34.1 Å². The van der Waals surface area contributed by atoms with E-state index < -0.39 is 0 Å². The van der Waals surface area contributed by atoms with Crippen molar-refractivity contribution in [1.29, 1.82) is 0 Å². The van der Waals surface area contributed by atoms with Crippen LogP contribution in [0.15, 0.2) is 42.7 Å². The number of anilines is 2. The Morgan fingerprint density at radius 2 is 1.78 bits per heavy atom. The maximum Gasteiger partial charge on any atom is 0.259 e. The largest absolute Gasteiger partial charge is 0.367 e. The standard InChI is InChI=1S/C21H24N4O2/c1-16(26)23-9-11-24(12-10-23)19-13-18(14-22-15-19)21(27)25-8-4-6-17-5-2-3-7-20(17)25/h2-3,5,7,13-15H,4,6,8-12H2,1H3. The quantitative estimate of drug-likeness (QED) is 0.821. The summed E-state index contributed by atoms with van der Waals surface area (Å²) in [6, 6.07) is 10.0. The molecule has 0 radical (unpaired) electrons. The van der Waals surface area contributed by atoms with Crippen LogP contribution in [0.2, 0.25) is 0 Å². The third kappa shape index (κ3) is 3.52. The van der Waals surface area contributed by atoms with Gasteiger partial charge in [-0.15, -0.1) is 0 Å². The minimum absolute atomic E-state index is 0.00104. The van der Waals surface area contributed by atoms with Crippen molar-refractivity contribution in [3.8, 4) is 0 Å². The van der Waals surface area contributed by atoms with Gasteiger partial charge in [-0.1, -0.05) is 18.2 Å². The molecule has 2 amide bonds. The number of nitrogens with zero attached hydrogens (tertiary/aromatic N) is 4. The van der Waals surface area contributed by atoms with Crippen molar-refractivity contribution >= 4 is 23.2 Å². The third-order valence-corrected chi connectivity index (χ3v) is 5.42. The number of pyridine rings is 1. The molecule has 1 aromatic carbocycles. The molecule has 27 heavy (non-hydrogen) atoms. The summed E-state index contributed by atoms with van der Waals surface area (Å²) in [5.74, 6) is 0.110. The number of rotatable bonds is 2. The Hall–Kier alpha value is -2.89. The molecule has 0 atom stereocenters. The topological polar surface area (TPSA) is 56.8 Å². The average molecular weight is 364 g/mol. The van der Waals surface area contributed by atoms with E-state index in [0.29, 0.717) is 18.7 Å². The van der Waals surface area contributed by atoms with Crippen molar-refractivity contribution in [3.63, 3.8) is 0 Å². The van der Waals surface area contributed by atoms with Crippen LogP contribution in [-0.2, 0) is 11.2 Å². The van der Waals surface area contributed by atoms with Crippen LogP contribution >= 0.6 is 0 Å². The van der Waals surface area contributed by atoms with Crippen molar-refractivity contribution in [2.75, 3.05) is 42.5 Å². The third-order valence-electron chi connectivity index (χ3n) is 5.42. The summed E-state index contributed by atoms with van der Waals surface area (Å²) >= 11 is 0. The lowest BCUT2D eigenvalue weighted by Crippen LogP contribution is -2.48. The first-order valence-corrected chi connectivity index (χ1v) is 9.49. The molecule has 140 valence electrons. The maximum absolute atomic E-state index is 13.2. The van der Waals surface area contributed by atoms with E-state index in [1.165, 1.54) is 5.56 Å². The van der Waals surface area contributed by atoms with E-state index in [4.69, 9.17) is 0 Å². The molecule has 0 unspecified atom stereocenters. The number of hydrogen-bond donors (Lipinski definition) is 0. The Kier molecular flexibility index (Phi) is 4.79. The van der Waals surface area contributed by atoms with Crippen LogP contribution in [0.3, 0.4) is 0 Å². The van der Waals surface area contributed by atoms with Gasteiger partial charge in [0.05, 0.1) is 17.4 Å². The molecular weight excluding hydrogens is 340 g/mol. The zero-order chi connectivity index (χ0) is 18.8. The van der Waals surface area contributed by atoms with Crippen molar-refractivity contribution < 1.29 is 9.59 Å². The molecule has 6 heteroatoms. The van der Waals surface area contributed by atoms with Gasteiger partial charge in [0.2, 0.25) is 5.91 Å². The normalized spacial score (nSPS) is 16.9. The van der Waals surface area contributed by atoms with Gasteiger partial charge >= 0.3 is 0 Å². The summed E-state index contributed by atoms with van der Waals surface area (Å²) in [5.41, 5.74) is 3.78. The van der Waals surface area contributed by atoms with E-state index >= 15 is 0 Å². The first-order valence-electron chi connectivity index (χ1n) is 9.49. The highest BCUT2D eigenvalue weighted by molar-refractivity contribution is 6.07. The van der Waals surface area contributed by atoms with Gasteiger partial charge in [-0.2, -0.15) is 0 Å². The van der Waals surface area contributed by atoms with Gasteiger partial charge in [0.15, 0.2) is 0 Å². The van der Waals surface area contributed by atoms with Gasteiger partial charge in [0, 0.05) is 51.5 Å². The molecule has 3 heterocycles. The van der Waals surface area contributed by atoms with Crippen molar-refractivity contribution in [1.82, 2.24) is 9.88 Å². The summed E-state index contributed by atoms with van der Waals surface area (Å²) in [4.78, 5) is 34.9. The summed E-state index contributed by atoms with van der Waals surface area (Å²) in [7, 11) is 0. The molecule has 0 N–H and O–H groups in total. The van der Waals surface area contributed by atoms with Crippen LogP contribution in [0.5, 0.6) is 0 Å². The minimum atomic E-state index is -0.00104.